The first kappa shape index (κ1) is 12.9. The number of hydrogen-bond donors (Lipinski definition) is 0. The van der Waals surface area contributed by atoms with Crippen LogP contribution >= 0.6 is 0 Å². The van der Waals surface area contributed by atoms with E-state index in [1.807, 2.05) is 12.2 Å². The third-order valence-electron chi connectivity index (χ3n) is 3.10. The predicted molar refractivity (Wildman–Crippen MR) is 75.1 cm³/mol. The summed E-state index contributed by atoms with van der Waals surface area (Å²) in [6, 6.07) is 0. The van der Waals surface area contributed by atoms with E-state index in [2.05, 4.69) is 29.1 Å². The topological polar surface area (TPSA) is 24.7 Å². The summed E-state index contributed by atoms with van der Waals surface area (Å²) in [5.74, 6) is 0.666. The molecule has 0 saturated heterocycles. The Hall–Kier alpha value is -1.51. The van der Waals surface area contributed by atoms with Crippen LogP contribution in [0.25, 0.3) is 0 Å². The van der Waals surface area contributed by atoms with Crippen molar-refractivity contribution in [3.05, 3.63) is 35.5 Å². The summed E-state index contributed by atoms with van der Waals surface area (Å²) in [5.41, 5.74) is 2.93. The average molecular weight is 246 g/mol. The van der Waals surface area contributed by atoms with Crippen molar-refractivity contribution < 1.29 is 4.39 Å². The van der Waals surface area contributed by atoms with Gasteiger partial charge >= 0.3 is 0 Å². The molecule has 2 aliphatic rings. The van der Waals surface area contributed by atoms with Gasteiger partial charge in [-0.15, -0.1) is 0 Å². The molecule has 0 bridgehead atoms. The Kier molecular flexibility index (Phi) is 4.24. The molecule has 2 rings (SSSR count). The molecule has 0 spiro atoms. The van der Waals surface area contributed by atoms with E-state index in [4.69, 9.17) is 0 Å². The molecule has 18 heavy (non-hydrogen) atoms. The molecule has 2 nitrogen and oxygen atoms in total. The fourth-order valence-electron chi connectivity index (χ4n) is 2.06. The maximum Gasteiger partial charge on any atom is 0.155 e. The molecule has 0 aromatic carbocycles. The normalized spacial score (nSPS) is 20.8. The summed E-state index contributed by atoms with van der Waals surface area (Å²) in [4.78, 5) is 8.57. The van der Waals surface area contributed by atoms with Crippen molar-refractivity contribution in [2.45, 2.75) is 39.3 Å². The van der Waals surface area contributed by atoms with E-state index in [-0.39, 0.29) is 0 Å². The molecular formula is C15H19FN2. The zero-order valence-corrected chi connectivity index (χ0v) is 11.0. The Labute approximate surface area is 108 Å². The highest BCUT2D eigenvalue weighted by Crippen LogP contribution is 2.18. The van der Waals surface area contributed by atoms with Crippen LogP contribution in [0.1, 0.15) is 33.1 Å². The number of halogens is 1. The van der Waals surface area contributed by atoms with E-state index in [0.717, 1.165) is 24.8 Å². The van der Waals surface area contributed by atoms with Gasteiger partial charge in [-0.3, -0.25) is 4.99 Å². The zero-order valence-electron chi connectivity index (χ0n) is 11.0. The summed E-state index contributed by atoms with van der Waals surface area (Å²) in [6.07, 6.45) is 10.6. The first-order chi connectivity index (χ1) is 8.70. The fourth-order valence-corrected chi connectivity index (χ4v) is 2.06. The maximum atomic E-state index is 13.1. The third-order valence-corrected chi connectivity index (χ3v) is 3.10. The minimum atomic E-state index is -1.01. The van der Waals surface area contributed by atoms with Crippen LogP contribution < -0.4 is 0 Å². The second kappa shape index (κ2) is 5.89. The summed E-state index contributed by atoms with van der Waals surface area (Å²) in [7, 11) is 0. The second-order valence-corrected chi connectivity index (χ2v) is 4.66. The Morgan fingerprint density at radius 1 is 1.39 bits per heavy atom. The molecule has 1 aliphatic heterocycles. The molecule has 3 heteroatoms. The van der Waals surface area contributed by atoms with Crippen molar-refractivity contribution in [1.29, 1.82) is 0 Å². The lowest BCUT2D eigenvalue weighted by atomic mass is 10.1. The van der Waals surface area contributed by atoms with Crippen LogP contribution in [0.5, 0.6) is 0 Å². The van der Waals surface area contributed by atoms with Gasteiger partial charge in [0.05, 0.1) is 12.3 Å². The largest absolute Gasteiger partial charge is 0.260 e. The smallest absolute Gasteiger partial charge is 0.155 e. The lowest BCUT2D eigenvalue weighted by molar-refractivity contribution is 0.452. The average Bonchev–Trinajstić information content (AvgIpc) is 2.72. The third kappa shape index (κ3) is 3.03. The SMILES string of the molecule is CCCC1=CC=C(C2=NCC(C(C)F)=N2)C=CC1. The van der Waals surface area contributed by atoms with Crippen LogP contribution in [0.2, 0.25) is 0 Å². The molecule has 1 atom stereocenters. The molecular weight excluding hydrogens is 227 g/mol. The summed E-state index contributed by atoms with van der Waals surface area (Å²) < 4.78 is 13.1. The number of alkyl halides is 1. The van der Waals surface area contributed by atoms with Crippen LogP contribution in [0, 0.1) is 0 Å². The van der Waals surface area contributed by atoms with Crippen molar-refractivity contribution in [3.63, 3.8) is 0 Å². The number of allylic oxidation sites excluding steroid dienone is 4. The van der Waals surface area contributed by atoms with Gasteiger partial charge in [-0.1, -0.05) is 43.2 Å². The Balaban J connectivity index is 2.15. The van der Waals surface area contributed by atoms with Crippen LogP contribution in [-0.4, -0.2) is 24.3 Å². The minimum Gasteiger partial charge on any atom is -0.260 e. The fraction of sp³-hybridized carbons (Fsp3) is 0.467. The summed E-state index contributed by atoms with van der Waals surface area (Å²) >= 11 is 0. The van der Waals surface area contributed by atoms with Crippen molar-refractivity contribution in [2.75, 3.05) is 6.54 Å². The zero-order chi connectivity index (χ0) is 13.0. The van der Waals surface area contributed by atoms with Gasteiger partial charge < -0.3 is 0 Å². The van der Waals surface area contributed by atoms with Crippen LogP contribution in [0.4, 0.5) is 4.39 Å². The van der Waals surface area contributed by atoms with Gasteiger partial charge in [0.25, 0.3) is 0 Å². The van der Waals surface area contributed by atoms with Crippen LogP contribution in [-0.2, 0) is 0 Å². The molecule has 0 fully saturated rings. The van der Waals surface area contributed by atoms with Gasteiger partial charge in [-0.05, 0) is 19.8 Å². The molecule has 1 aliphatic carbocycles. The van der Waals surface area contributed by atoms with Gasteiger partial charge in [-0.25, -0.2) is 9.38 Å². The summed E-state index contributed by atoms with van der Waals surface area (Å²) in [5, 5.41) is 0. The highest BCUT2D eigenvalue weighted by atomic mass is 19.1. The van der Waals surface area contributed by atoms with Crippen molar-refractivity contribution in [3.8, 4) is 0 Å². The van der Waals surface area contributed by atoms with Gasteiger partial charge in [0.2, 0.25) is 0 Å². The van der Waals surface area contributed by atoms with Crippen LogP contribution in [0.3, 0.4) is 0 Å². The van der Waals surface area contributed by atoms with Gasteiger partial charge in [0.1, 0.15) is 6.17 Å². The van der Waals surface area contributed by atoms with E-state index in [0.29, 0.717) is 18.1 Å². The van der Waals surface area contributed by atoms with E-state index < -0.39 is 6.17 Å². The number of nitrogens with zero attached hydrogens (tertiary/aromatic N) is 2. The number of rotatable bonds is 4. The molecule has 0 radical (unpaired) electrons. The minimum absolute atomic E-state index is 0.393. The molecule has 0 saturated carbocycles. The van der Waals surface area contributed by atoms with Crippen molar-refractivity contribution >= 4 is 11.5 Å². The maximum absolute atomic E-state index is 13.1. The summed E-state index contributed by atoms with van der Waals surface area (Å²) in [6.45, 7) is 4.08. The molecule has 0 amide bonds. The highest BCUT2D eigenvalue weighted by Gasteiger charge is 2.17. The molecule has 1 heterocycles. The van der Waals surface area contributed by atoms with Crippen molar-refractivity contribution in [2.24, 2.45) is 9.98 Å². The standard InChI is InChI=1S/C15H19FN2/c1-3-5-12-6-4-7-13(9-8-12)15-17-10-14(18-15)11(2)16/h4,7-9,11H,3,5-6,10H2,1-2H3. The molecule has 0 aromatic heterocycles. The molecule has 0 aromatic rings. The van der Waals surface area contributed by atoms with Gasteiger partial charge in [-0.2, -0.15) is 0 Å². The van der Waals surface area contributed by atoms with E-state index in [1.165, 1.54) is 12.5 Å². The Morgan fingerprint density at radius 3 is 2.89 bits per heavy atom. The van der Waals surface area contributed by atoms with E-state index in [9.17, 15) is 4.39 Å². The molecule has 96 valence electrons. The van der Waals surface area contributed by atoms with E-state index >= 15 is 0 Å². The molecule has 1 unspecified atom stereocenters. The second-order valence-electron chi connectivity index (χ2n) is 4.66. The Morgan fingerprint density at radius 2 is 2.22 bits per heavy atom. The lowest BCUT2D eigenvalue weighted by Gasteiger charge is -1.98. The molecule has 0 N–H and O–H groups in total. The van der Waals surface area contributed by atoms with Gasteiger partial charge in [0, 0.05) is 5.57 Å². The van der Waals surface area contributed by atoms with Crippen LogP contribution in [0.15, 0.2) is 45.4 Å². The first-order valence-corrected chi connectivity index (χ1v) is 6.53. The van der Waals surface area contributed by atoms with E-state index in [1.54, 1.807) is 0 Å². The quantitative estimate of drug-likeness (QED) is 0.720. The van der Waals surface area contributed by atoms with Gasteiger partial charge in [0.15, 0.2) is 5.84 Å². The number of amidine groups is 1. The van der Waals surface area contributed by atoms with Crippen molar-refractivity contribution in [1.82, 2.24) is 0 Å². The number of hydrogen-bond acceptors (Lipinski definition) is 2. The predicted octanol–water partition coefficient (Wildman–Crippen LogP) is 3.81. The first-order valence-electron chi connectivity index (χ1n) is 6.53. The highest BCUT2D eigenvalue weighted by molar-refractivity contribution is 6.13. The Bertz CT molecular complexity index is 465. The lowest BCUT2D eigenvalue weighted by Crippen LogP contribution is -2.12. The monoisotopic (exact) mass is 246 g/mol. The number of aliphatic imine (C=N–C) groups is 2.